The fourth-order valence-corrected chi connectivity index (χ4v) is 2.74. The number of nitrogens with zero attached hydrogens (tertiary/aromatic N) is 2. The molecule has 4 rings (SSSR count). The lowest BCUT2D eigenvalue weighted by Gasteiger charge is -2.20. The van der Waals surface area contributed by atoms with Gasteiger partial charge in [0.25, 0.3) is 0 Å². The highest BCUT2D eigenvalue weighted by molar-refractivity contribution is 6.31. The molecule has 1 aliphatic heterocycles. The van der Waals surface area contributed by atoms with E-state index in [1.807, 2.05) is 18.2 Å². The van der Waals surface area contributed by atoms with Crippen LogP contribution in [0.5, 0.6) is 0 Å². The van der Waals surface area contributed by atoms with Crippen LogP contribution in [0.3, 0.4) is 0 Å². The molecule has 0 saturated carbocycles. The zero-order valence-electron chi connectivity index (χ0n) is 13.1. The Morgan fingerprint density at radius 1 is 1.16 bits per heavy atom. The molecule has 1 aromatic heterocycles. The van der Waals surface area contributed by atoms with Crippen LogP contribution in [0, 0.1) is 0 Å². The first-order chi connectivity index (χ1) is 11.8. The summed E-state index contributed by atoms with van der Waals surface area (Å²) >= 11 is 6.01. The molecule has 1 aromatic carbocycles. The minimum absolute atomic E-state index is 0. The molecule has 0 fully saturated rings. The molecule has 5 nitrogen and oxygen atoms in total. The Hall–Kier alpha value is -2.50. The number of aromatic nitrogens is 2. The van der Waals surface area contributed by atoms with Gasteiger partial charge in [0.05, 0.1) is 5.52 Å². The zero-order chi connectivity index (χ0) is 16.4. The van der Waals surface area contributed by atoms with Crippen LogP contribution in [0.1, 0.15) is 12.8 Å². The molecule has 2 aromatic rings. The summed E-state index contributed by atoms with van der Waals surface area (Å²) in [6.07, 6.45) is 12.7. The Morgan fingerprint density at radius 3 is 2.92 bits per heavy atom. The molecule has 0 amide bonds. The van der Waals surface area contributed by atoms with Crippen LogP contribution in [-0.2, 0) is 9.47 Å². The first kappa shape index (κ1) is 17.3. The molecule has 2 heterocycles. The second-order valence-corrected chi connectivity index (χ2v) is 5.81. The smallest absolute Gasteiger partial charge is 0.234 e. The third-order valence-electron chi connectivity index (χ3n) is 3.74. The molecule has 0 unspecified atom stereocenters. The Morgan fingerprint density at radius 2 is 2.08 bits per heavy atom. The fraction of sp³-hybridized carbons (Fsp3) is 0.111. The maximum atomic E-state index is 6.01. The summed E-state index contributed by atoms with van der Waals surface area (Å²) in [5.74, 6) is 1.80. The molecule has 7 heteroatoms. The topological polar surface area (TPSA) is 56.3 Å². The van der Waals surface area contributed by atoms with Crippen LogP contribution < -0.4 is 5.32 Å². The van der Waals surface area contributed by atoms with E-state index in [2.05, 4.69) is 21.4 Å². The average molecular weight is 376 g/mol. The molecule has 25 heavy (non-hydrogen) atoms. The number of rotatable bonds is 3. The van der Waals surface area contributed by atoms with E-state index >= 15 is 0 Å². The van der Waals surface area contributed by atoms with Crippen LogP contribution >= 0.6 is 24.0 Å². The van der Waals surface area contributed by atoms with Gasteiger partial charge in [-0.1, -0.05) is 29.8 Å². The Labute approximate surface area is 156 Å². The molecule has 2 aliphatic rings. The SMILES string of the molecule is Cl.Clc1ccc2c(NC3=COC=C(C4=CC=CCC4)O3)ncnc2c1. The largest absolute Gasteiger partial charge is 0.463 e. The summed E-state index contributed by atoms with van der Waals surface area (Å²) in [4.78, 5) is 8.51. The summed E-state index contributed by atoms with van der Waals surface area (Å²) in [7, 11) is 0. The number of fused-ring (bicyclic) bond motifs is 1. The van der Waals surface area contributed by atoms with E-state index < -0.39 is 0 Å². The molecular formula is C18H15Cl2N3O2. The summed E-state index contributed by atoms with van der Waals surface area (Å²) < 4.78 is 11.3. The van der Waals surface area contributed by atoms with Gasteiger partial charge in [-0.15, -0.1) is 12.4 Å². The summed E-state index contributed by atoms with van der Waals surface area (Å²) in [5, 5.41) is 4.63. The minimum atomic E-state index is 0. The predicted molar refractivity (Wildman–Crippen MR) is 100 cm³/mol. The number of nitrogens with one attached hydrogen (secondary N) is 1. The van der Waals surface area contributed by atoms with Gasteiger partial charge in [-0.2, -0.15) is 0 Å². The van der Waals surface area contributed by atoms with Crippen molar-refractivity contribution in [3.05, 3.63) is 77.5 Å². The van der Waals surface area contributed by atoms with Gasteiger partial charge in [0.2, 0.25) is 5.88 Å². The van der Waals surface area contributed by atoms with Crippen molar-refractivity contribution < 1.29 is 9.47 Å². The molecule has 1 aliphatic carbocycles. The van der Waals surface area contributed by atoms with Crippen molar-refractivity contribution in [3.63, 3.8) is 0 Å². The van der Waals surface area contributed by atoms with E-state index in [4.69, 9.17) is 21.1 Å². The molecule has 0 bridgehead atoms. The second-order valence-electron chi connectivity index (χ2n) is 5.37. The summed E-state index contributed by atoms with van der Waals surface area (Å²) in [5.41, 5.74) is 1.86. The molecular weight excluding hydrogens is 361 g/mol. The third-order valence-corrected chi connectivity index (χ3v) is 3.98. The first-order valence-electron chi connectivity index (χ1n) is 7.56. The lowest BCUT2D eigenvalue weighted by atomic mass is 10.0. The zero-order valence-corrected chi connectivity index (χ0v) is 14.7. The Kier molecular flexibility index (Phi) is 5.26. The van der Waals surface area contributed by atoms with Gasteiger partial charge in [-0.25, -0.2) is 9.97 Å². The number of allylic oxidation sites excluding steroid dienone is 4. The van der Waals surface area contributed by atoms with E-state index in [0.29, 0.717) is 22.5 Å². The van der Waals surface area contributed by atoms with E-state index in [0.717, 1.165) is 29.3 Å². The number of hydrogen-bond acceptors (Lipinski definition) is 5. The number of halogens is 2. The minimum Gasteiger partial charge on any atom is -0.463 e. The van der Waals surface area contributed by atoms with E-state index in [9.17, 15) is 0 Å². The molecule has 128 valence electrons. The van der Waals surface area contributed by atoms with Crippen molar-refractivity contribution in [1.82, 2.24) is 9.97 Å². The van der Waals surface area contributed by atoms with Crippen molar-refractivity contribution in [1.29, 1.82) is 0 Å². The fourth-order valence-electron chi connectivity index (χ4n) is 2.57. The first-order valence-corrected chi connectivity index (χ1v) is 7.94. The lowest BCUT2D eigenvalue weighted by molar-refractivity contribution is 0.233. The van der Waals surface area contributed by atoms with Crippen molar-refractivity contribution in [3.8, 4) is 0 Å². The molecule has 0 atom stereocenters. The van der Waals surface area contributed by atoms with Crippen molar-refractivity contribution in [2.45, 2.75) is 12.8 Å². The van der Waals surface area contributed by atoms with E-state index in [1.54, 1.807) is 18.4 Å². The number of anilines is 1. The monoisotopic (exact) mass is 375 g/mol. The van der Waals surface area contributed by atoms with E-state index in [1.165, 1.54) is 12.6 Å². The molecule has 0 radical (unpaired) electrons. The summed E-state index contributed by atoms with van der Waals surface area (Å²) in [6.45, 7) is 0. The number of ether oxygens (including phenoxy) is 2. The highest BCUT2D eigenvalue weighted by Crippen LogP contribution is 2.28. The van der Waals surface area contributed by atoms with Gasteiger partial charge in [0, 0.05) is 10.4 Å². The van der Waals surface area contributed by atoms with Crippen LogP contribution in [0.15, 0.2) is 72.5 Å². The van der Waals surface area contributed by atoms with Crippen molar-refractivity contribution >= 4 is 40.7 Å². The maximum absolute atomic E-state index is 6.01. The van der Waals surface area contributed by atoms with Gasteiger partial charge in [-0.3, -0.25) is 0 Å². The second kappa shape index (κ2) is 7.59. The average Bonchev–Trinajstić information content (AvgIpc) is 2.63. The summed E-state index contributed by atoms with van der Waals surface area (Å²) in [6, 6.07) is 5.46. The van der Waals surface area contributed by atoms with Crippen LogP contribution in [-0.4, -0.2) is 9.97 Å². The predicted octanol–water partition coefficient (Wildman–Crippen LogP) is 5.08. The Bertz CT molecular complexity index is 920. The normalized spacial score (nSPS) is 16.0. The van der Waals surface area contributed by atoms with E-state index in [-0.39, 0.29) is 12.4 Å². The van der Waals surface area contributed by atoms with Crippen LogP contribution in [0.2, 0.25) is 5.02 Å². The van der Waals surface area contributed by atoms with Gasteiger partial charge < -0.3 is 14.8 Å². The molecule has 0 saturated heterocycles. The highest BCUT2D eigenvalue weighted by atomic mass is 35.5. The van der Waals surface area contributed by atoms with Gasteiger partial charge in [0.1, 0.15) is 18.4 Å². The van der Waals surface area contributed by atoms with Crippen LogP contribution in [0.4, 0.5) is 5.82 Å². The highest BCUT2D eigenvalue weighted by Gasteiger charge is 2.16. The van der Waals surface area contributed by atoms with Gasteiger partial charge >= 0.3 is 0 Å². The quantitative estimate of drug-likeness (QED) is 0.810. The van der Waals surface area contributed by atoms with Crippen LogP contribution in [0.25, 0.3) is 10.9 Å². The van der Waals surface area contributed by atoms with Gasteiger partial charge in [-0.05, 0) is 36.6 Å². The standard InChI is InChI=1S/C18H14ClN3O2.ClH/c19-13-6-7-14-15(8-13)20-11-21-18(14)22-17-10-23-9-16(24-17)12-4-2-1-3-5-12;/h1-2,4,6-11H,3,5H2,(H,20,21,22);1H. The molecule has 0 spiro atoms. The van der Waals surface area contributed by atoms with Crippen molar-refractivity contribution in [2.75, 3.05) is 5.32 Å². The number of hydrogen-bond donors (Lipinski definition) is 1. The number of benzene rings is 1. The molecule has 1 N–H and O–H groups in total. The van der Waals surface area contributed by atoms with Gasteiger partial charge in [0.15, 0.2) is 12.0 Å². The van der Waals surface area contributed by atoms with Crippen molar-refractivity contribution in [2.24, 2.45) is 0 Å². The maximum Gasteiger partial charge on any atom is 0.234 e. The Balaban J connectivity index is 0.00000182. The third kappa shape index (κ3) is 3.78. The lowest BCUT2D eigenvalue weighted by Crippen LogP contribution is -2.11.